The maximum Gasteiger partial charge on any atom is 0.269 e. The van der Waals surface area contributed by atoms with Gasteiger partial charge in [-0.1, -0.05) is 18.2 Å². The van der Waals surface area contributed by atoms with E-state index in [1.165, 1.54) is 0 Å². The zero-order chi connectivity index (χ0) is 18.9. The van der Waals surface area contributed by atoms with Crippen LogP contribution in [-0.2, 0) is 4.79 Å². The Hall–Kier alpha value is -3.35. The van der Waals surface area contributed by atoms with Crippen molar-refractivity contribution in [3.8, 4) is 5.75 Å². The van der Waals surface area contributed by atoms with E-state index in [1.807, 2.05) is 13.8 Å². The summed E-state index contributed by atoms with van der Waals surface area (Å²) >= 11 is 0. The average Bonchev–Trinajstić information content (AvgIpc) is 2.65. The number of nitrogens with one attached hydrogen (secondary N) is 3. The Morgan fingerprint density at radius 2 is 1.46 bits per heavy atom. The zero-order valence-electron chi connectivity index (χ0n) is 14.6. The van der Waals surface area contributed by atoms with E-state index in [1.54, 1.807) is 54.6 Å². The second kappa shape index (κ2) is 9.22. The third-order valence-corrected chi connectivity index (χ3v) is 3.25. The van der Waals surface area contributed by atoms with Crippen LogP contribution in [0, 0.1) is 0 Å². The minimum absolute atomic E-state index is 0.0458. The molecule has 2 aromatic rings. The fourth-order valence-corrected chi connectivity index (χ4v) is 2.05. The van der Waals surface area contributed by atoms with E-state index in [0.29, 0.717) is 16.9 Å². The molecule has 0 atom stereocenters. The quantitative estimate of drug-likeness (QED) is 0.687. The van der Waals surface area contributed by atoms with Gasteiger partial charge < -0.3 is 10.1 Å². The zero-order valence-corrected chi connectivity index (χ0v) is 14.6. The lowest BCUT2D eigenvalue weighted by molar-refractivity contribution is -0.120. The normalized spacial score (nSPS) is 10.1. The molecule has 3 N–H and O–H groups in total. The Kier molecular flexibility index (Phi) is 6.73. The number of hydrazine groups is 1. The first-order valence-electron chi connectivity index (χ1n) is 8.15. The lowest BCUT2D eigenvalue weighted by Crippen LogP contribution is -2.46. The molecule has 2 aromatic carbocycles. The predicted octanol–water partition coefficient (Wildman–Crippen LogP) is 1.66. The molecule has 7 heteroatoms. The van der Waals surface area contributed by atoms with Gasteiger partial charge in [-0.15, -0.1) is 0 Å². The summed E-state index contributed by atoms with van der Waals surface area (Å²) in [5, 5.41) is 2.48. The Balaban J connectivity index is 1.76. The van der Waals surface area contributed by atoms with Gasteiger partial charge in [0.05, 0.1) is 12.6 Å². The highest BCUT2D eigenvalue weighted by atomic mass is 16.5. The van der Waals surface area contributed by atoms with E-state index in [0.717, 1.165) is 0 Å². The molecule has 2 rings (SSSR count). The molecular formula is C19H21N3O4. The summed E-state index contributed by atoms with van der Waals surface area (Å²) in [4.78, 5) is 35.5. The first kappa shape index (κ1) is 19.0. The van der Waals surface area contributed by atoms with Crippen molar-refractivity contribution < 1.29 is 19.1 Å². The summed E-state index contributed by atoms with van der Waals surface area (Å²) in [5.74, 6) is -0.711. The highest BCUT2D eigenvalue weighted by Crippen LogP contribution is 2.13. The Morgan fingerprint density at radius 1 is 0.846 bits per heavy atom. The molecule has 0 radical (unpaired) electrons. The van der Waals surface area contributed by atoms with Crippen LogP contribution in [0.5, 0.6) is 5.75 Å². The number of rotatable bonds is 6. The standard InChI is InChI=1S/C19H21N3O4/c1-13(2)26-16-10-8-15(9-11-16)18(24)20-12-17(23)21-22-19(25)14-6-4-3-5-7-14/h3-11,13H,12H2,1-2H3,(H,20,24)(H,21,23)(H,22,25). The summed E-state index contributed by atoms with van der Waals surface area (Å²) < 4.78 is 5.50. The molecule has 0 saturated heterocycles. The maximum atomic E-state index is 12.0. The van der Waals surface area contributed by atoms with Gasteiger partial charge in [0.1, 0.15) is 5.75 Å². The second-order valence-corrected chi connectivity index (χ2v) is 5.74. The largest absolute Gasteiger partial charge is 0.491 e. The van der Waals surface area contributed by atoms with E-state index in [4.69, 9.17) is 4.74 Å². The summed E-state index contributed by atoms with van der Waals surface area (Å²) in [6.45, 7) is 3.56. The topological polar surface area (TPSA) is 96.5 Å². The van der Waals surface area contributed by atoms with Crippen molar-refractivity contribution in [1.29, 1.82) is 0 Å². The molecule has 26 heavy (non-hydrogen) atoms. The van der Waals surface area contributed by atoms with E-state index < -0.39 is 17.7 Å². The van der Waals surface area contributed by atoms with Crippen LogP contribution in [0.4, 0.5) is 0 Å². The molecule has 0 aliphatic rings. The molecule has 0 aromatic heterocycles. The minimum atomic E-state index is -0.539. The van der Waals surface area contributed by atoms with Crippen molar-refractivity contribution in [1.82, 2.24) is 16.2 Å². The molecule has 0 saturated carbocycles. The van der Waals surface area contributed by atoms with Crippen LogP contribution in [0.1, 0.15) is 34.6 Å². The van der Waals surface area contributed by atoms with Gasteiger partial charge >= 0.3 is 0 Å². The highest BCUT2D eigenvalue weighted by Gasteiger charge is 2.10. The molecule has 0 fully saturated rings. The van der Waals surface area contributed by atoms with Crippen LogP contribution in [0.3, 0.4) is 0 Å². The lowest BCUT2D eigenvalue weighted by atomic mass is 10.2. The maximum absolute atomic E-state index is 12.0. The van der Waals surface area contributed by atoms with Crippen LogP contribution < -0.4 is 20.9 Å². The molecule has 136 valence electrons. The van der Waals surface area contributed by atoms with Gasteiger partial charge in [-0.05, 0) is 50.2 Å². The fourth-order valence-electron chi connectivity index (χ4n) is 2.05. The summed E-state index contributed by atoms with van der Waals surface area (Å²) in [7, 11) is 0. The first-order chi connectivity index (χ1) is 12.5. The van der Waals surface area contributed by atoms with E-state index in [2.05, 4.69) is 16.2 Å². The number of amides is 3. The van der Waals surface area contributed by atoms with E-state index >= 15 is 0 Å². The summed E-state index contributed by atoms with van der Waals surface area (Å²) in [5.41, 5.74) is 5.35. The van der Waals surface area contributed by atoms with Crippen molar-refractivity contribution in [2.45, 2.75) is 20.0 Å². The fraction of sp³-hybridized carbons (Fsp3) is 0.211. The van der Waals surface area contributed by atoms with Crippen molar-refractivity contribution >= 4 is 17.7 Å². The highest BCUT2D eigenvalue weighted by molar-refractivity contribution is 5.98. The summed E-state index contributed by atoms with van der Waals surface area (Å²) in [6, 6.07) is 15.1. The van der Waals surface area contributed by atoms with Crippen molar-refractivity contribution in [2.24, 2.45) is 0 Å². The van der Waals surface area contributed by atoms with Crippen molar-refractivity contribution in [3.05, 3.63) is 65.7 Å². The van der Waals surface area contributed by atoms with Gasteiger partial charge in [0, 0.05) is 11.1 Å². The number of benzene rings is 2. The summed E-state index contributed by atoms with van der Waals surface area (Å²) in [6.07, 6.45) is 0.0458. The third kappa shape index (κ3) is 5.94. The molecular weight excluding hydrogens is 334 g/mol. The SMILES string of the molecule is CC(C)Oc1ccc(C(=O)NCC(=O)NNC(=O)c2ccccc2)cc1. The number of carbonyl (C=O) groups excluding carboxylic acids is 3. The van der Waals surface area contributed by atoms with Crippen LogP contribution >= 0.6 is 0 Å². The Bertz CT molecular complexity index is 758. The van der Waals surface area contributed by atoms with Crippen LogP contribution in [0.25, 0.3) is 0 Å². The van der Waals surface area contributed by atoms with Gasteiger partial charge in [-0.25, -0.2) is 0 Å². The van der Waals surface area contributed by atoms with Gasteiger partial charge in [0.25, 0.3) is 17.7 Å². The van der Waals surface area contributed by atoms with Crippen molar-refractivity contribution in [2.75, 3.05) is 6.54 Å². The van der Waals surface area contributed by atoms with Gasteiger partial charge in [-0.3, -0.25) is 25.2 Å². The average molecular weight is 355 g/mol. The number of hydrogen-bond acceptors (Lipinski definition) is 4. The smallest absolute Gasteiger partial charge is 0.269 e. The molecule has 0 aliphatic carbocycles. The molecule has 7 nitrogen and oxygen atoms in total. The van der Waals surface area contributed by atoms with Crippen LogP contribution in [0.2, 0.25) is 0 Å². The number of hydrogen-bond donors (Lipinski definition) is 3. The van der Waals surface area contributed by atoms with E-state index in [-0.39, 0.29) is 12.6 Å². The minimum Gasteiger partial charge on any atom is -0.491 e. The van der Waals surface area contributed by atoms with Crippen molar-refractivity contribution in [3.63, 3.8) is 0 Å². The molecule has 0 bridgehead atoms. The number of ether oxygens (including phenoxy) is 1. The predicted molar refractivity (Wildman–Crippen MR) is 96.6 cm³/mol. The molecule has 0 spiro atoms. The first-order valence-corrected chi connectivity index (χ1v) is 8.15. The van der Waals surface area contributed by atoms with Gasteiger partial charge in [-0.2, -0.15) is 0 Å². The monoisotopic (exact) mass is 355 g/mol. The molecule has 0 aliphatic heterocycles. The van der Waals surface area contributed by atoms with E-state index in [9.17, 15) is 14.4 Å². The third-order valence-electron chi connectivity index (χ3n) is 3.25. The lowest BCUT2D eigenvalue weighted by Gasteiger charge is -2.10. The van der Waals surface area contributed by atoms with Gasteiger partial charge in [0.15, 0.2) is 0 Å². The van der Waals surface area contributed by atoms with Crippen LogP contribution in [0.15, 0.2) is 54.6 Å². The molecule has 3 amide bonds. The Morgan fingerprint density at radius 3 is 2.08 bits per heavy atom. The number of carbonyl (C=O) groups is 3. The second-order valence-electron chi connectivity index (χ2n) is 5.74. The Labute approximate surface area is 151 Å². The molecule has 0 unspecified atom stereocenters. The molecule has 0 heterocycles. The van der Waals surface area contributed by atoms with Crippen LogP contribution in [-0.4, -0.2) is 30.4 Å². The van der Waals surface area contributed by atoms with Gasteiger partial charge in [0.2, 0.25) is 0 Å².